The van der Waals surface area contributed by atoms with Crippen molar-refractivity contribution in [3.8, 4) is 0 Å². The number of fused-ring (bicyclic) bond motifs is 1. The second-order valence-electron chi connectivity index (χ2n) is 5.19. The van der Waals surface area contributed by atoms with E-state index in [0.29, 0.717) is 17.9 Å². The lowest BCUT2D eigenvalue weighted by Crippen LogP contribution is -2.47. The number of carbonyl (C=O) groups excluding carboxylic acids is 1. The van der Waals surface area contributed by atoms with Crippen molar-refractivity contribution in [1.29, 1.82) is 0 Å². The summed E-state index contributed by atoms with van der Waals surface area (Å²) in [5.41, 5.74) is 1.48. The first-order chi connectivity index (χ1) is 10.6. The van der Waals surface area contributed by atoms with Gasteiger partial charge in [-0.1, -0.05) is 22.0 Å². The first-order valence-electron chi connectivity index (χ1n) is 6.94. The molecule has 2 heterocycles. The average molecular weight is 383 g/mol. The summed E-state index contributed by atoms with van der Waals surface area (Å²) in [4.78, 5) is 28.7. The third-order valence-electron chi connectivity index (χ3n) is 3.78. The molecule has 22 heavy (non-hydrogen) atoms. The van der Waals surface area contributed by atoms with Crippen LogP contribution in [0, 0.1) is 0 Å². The van der Waals surface area contributed by atoms with Crippen molar-refractivity contribution in [2.75, 3.05) is 18.1 Å². The van der Waals surface area contributed by atoms with E-state index in [2.05, 4.69) is 20.9 Å². The lowest BCUT2D eigenvalue weighted by Gasteiger charge is -2.34. The average Bonchev–Trinajstić information content (AvgIpc) is 2.92. The monoisotopic (exact) mass is 382 g/mol. The minimum atomic E-state index is -0.870. The van der Waals surface area contributed by atoms with Crippen LogP contribution < -0.4 is 0 Å². The number of H-pyrrole nitrogens is 1. The van der Waals surface area contributed by atoms with Gasteiger partial charge in [0.25, 0.3) is 5.91 Å². The molecule has 116 valence electrons. The molecular weight excluding hydrogens is 368 g/mol. The van der Waals surface area contributed by atoms with Crippen LogP contribution in [-0.4, -0.2) is 51.0 Å². The van der Waals surface area contributed by atoms with Gasteiger partial charge in [0.2, 0.25) is 0 Å². The highest BCUT2D eigenvalue weighted by Gasteiger charge is 2.30. The Hall–Kier alpha value is -1.47. The highest BCUT2D eigenvalue weighted by Crippen LogP contribution is 2.29. The summed E-state index contributed by atoms with van der Waals surface area (Å²) in [6.07, 6.45) is 1.69. The zero-order chi connectivity index (χ0) is 15.7. The van der Waals surface area contributed by atoms with Crippen molar-refractivity contribution in [1.82, 2.24) is 9.88 Å². The topological polar surface area (TPSA) is 73.4 Å². The molecule has 1 aliphatic rings. The van der Waals surface area contributed by atoms with E-state index in [9.17, 15) is 9.59 Å². The zero-order valence-electron chi connectivity index (χ0n) is 11.7. The molecule has 5 nitrogen and oxygen atoms in total. The number of aromatic nitrogens is 1. The second kappa shape index (κ2) is 6.34. The van der Waals surface area contributed by atoms with Crippen LogP contribution in [-0.2, 0) is 4.79 Å². The van der Waals surface area contributed by atoms with Gasteiger partial charge in [-0.3, -0.25) is 9.59 Å². The van der Waals surface area contributed by atoms with Gasteiger partial charge in [0.15, 0.2) is 0 Å². The van der Waals surface area contributed by atoms with Crippen LogP contribution in [0.25, 0.3) is 10.9 Å². The molecular formula is C15H15BrN2O3S. The van der Waals surface area contributed by atoms with Crippen LogP contribution >= 0.6 is 27.7 Å². The number of nitrogens with one attached hydrogen (secondary N) is 1. The van der Waals surface area contributed by atoms with Gasteiger partial charge in [-0.05, 0) is 12.1 Å². The van der Waals surface area contributed by atoms with Crippen molar-refractivity contribution in [3.05, 3.63) is 34.4 Å². The third kappa shape index (κ3) is 2.87. The summed E-state index contributed by atoms with van der Waals surface area (Å²) in [6.45, 7) is 0.582. The molecule has 1 aliphatic heterocycles. The Morgan fingerprint density at radius 2 is 2.27 bits per heavy atom. The highest BCUT2D eigenvalue weighted by molar-refractivity contribution is 9.10. The number of amides is 1. The SMILES string of the molecule is O=C(O)CC1CSCCN1C(=O)c1c[nH]c2cccc(Br)c12. The van der Waals surface area contributed by atoms with Crippen LogP contribution in [0.15, 0.2) is 28.9 Å². The molecule has 2 N–H and O–H groups in total. The Balaban J connectivity index is 1.95. The summed E-state index contributed by atoms with van der Waals surface area (Å²) < 4.78 is 0.857. The number of hydrogen-bond donors (Lipinski definition) is 2. The lowest BCUT2D eigenvalue weighted by molar-refractivity contribution is -0.138. The fraction of sp³-hybridized carbons (Fsp3) is 0.333. The molecule has 1 amide bonds. The summed E-state index contributed by atoms with van der Waals surface area (Å²) in [6, 6.07) is 5.46. The van der Waals surface area contributed by atoms with Crippen molar-refractivity contribution < 1.29 is 14.7 Å². The fourth-order valence-corrected chi connectivity index (χ4v) is 4.40. The lowest BCUT2D eigenvalue weighted by atomic mass is 10.1. The number of carboxylic acid groups (broad SMARTS) is 1. The van der Waals surface area contributed by atoms with E-state index >= 15 is 0 Å². The predicted molar refractivity (Wildman–Crippen MR) is 90.4 cm³/mol. The van der Waals surface area contributed by atoms with Crippen molar-refractivity contribution in [2.45, 2.75) is 12.5 Å². The molecule has 1 aromatic carbocycles. The van der Waals surface area contributed by atoms with E-state index in [1.807, 2.05) is 18.2 Å². The van der Waals surface area contributed by atoms with Gasteiger partial charge >= 0.3 is 5.97 Å². The van der Waals surface area contributed by atoms with Crippen LogP contribution in [0.2, 0.25) is 0 Å². The normalized spacial score (nSPS) is 18.6. The van der Waals surface area contributed by atoms with E-state index in [1.165, 1.54) is 0 Å². The summed E-state index contributed by atoms with van der Waals surface area (Å²) in [7, 11) is 0. The molecule has 0 saturated carbocycles. The van der Waals surface area contributed by atoms with Crippen molar-refractivity contribution in [3.63, 3.8) is 0 Å². The molecule has 1 fully saturated rings. The number of carboxylic acids is 1. The number of benzene rings is 1. The van der Waals surface area contributed by atoms with Gasteiger partial charge in [-0.2, -0.15) is 11.8 Å². The quantitative estimate of drug-likeness (QED) is 0.855. The van der Waals surface area contributed by atoms with Gasteiger partial charge in [0.1, 0.15) is 0 Å². The maximum atomic E-state index is 12.9. The standard InChI is InChI=1S/C15H15BrN2O3S/c16-11-2-1-3-12-14(11)10(7-17-12)15(21)18-4-5-22-8-9(18)6-13(19)20/h1-3,7,9,17H,4-6,8H2,(H,19,20). The molecule has 2 aromatic rings. The third-order valence-corrected chi connectivity index (χ3v) is 5.54. The van der Waals surface area contributed by atoms with Gasteiger partial charge < -0.3 is 15.0 Å². The first kappa shape index (κ1) is 15.4. The zero-order valence-corrected chi connectivity index (χ0v) is 14.1. The minimum absolute atomic E-state index is 0.0116. The molecule has 7 heteroatoms. The van der Waals surface area contributed by atoms with E-state index in [-0.39, 0.29) is 18.4 Å². The van der Waals surface area contributed by atoms with Crippen LogP contribution in [0.1, 0.15) is 16.8 Å². The molecule has 1 saturated heterocycles. The Morgan fingerprint density at radius 1 is 1.45 bits per heavy atom. The van der Waals surface area contributed by atoms with Gasteiger partial charge in [-0.15, -0.1) is 0 Å². The number of halogens is 1. The van der Waals surface area contributed by atoms with Crippen LogP contribution in [0.5, 0.6) is 0 Å². The number of carbonyl (C=O) groups is 2. The fourth-order valence-electron chi connectivity index (χ4n) is 2.76. The molecule has 3 rings (SSSR count). The number of hydrogen-bond acceptors (Lipinski definition) is 3. The Kier molecular flexibility index (Phi) is 4.44. The molecule has 0 bridgehead atoms. The largest absolute Gasteiger partial charge is 0.481 e. The molecule has 0 aliphatic carbocycles. The Morgan fingerprint density at radius 3 is 3.05 bits per heavy atom. The number of aromatic amines is 1. The van der Waals surface area contributed by atoms with E-state index in [4.69, 9.17) is 5.11 Å². The summed E-state index contributed by atoms with van der Waals surface area (Å²) in [5.74, 6) is 0.530. The smallest absolute Gasteiger partial charge is 0.305 e. The van der Waals surface area contributed by atoms with Crippen molar-refractivity contribution >= 4 is 50.5 Å². The Labute approximate surface area is 140 Å². The molecule has 0 radical (unpaired) electrons. The molecule has 1 unspecified atom stereocenters. The van der Waals surface area contributed by atoms with Crippen molar-refractivity contribution in [2.24, 2.45) is 0 Å². The highest BCUT2D eigenvalue weighted by atomic mass is 79.9. The number of aliphatic carboxylic acids is 1. The molecule has 0 spiro atoms. The summed E-state index contributed by atoms with van der Waals surface area (Å²) in [5, 5.41) is 9.90. The predicted octanol–water partition coefficient (Wildman–Crippen LogP) is 2.96. The van der Waals surface area contributed by atoms with E-state index in [0.717, 1.165) is 21.1 Å². The van der Waals surface area contributed by atoms with Crippen LogP contribution in [0.3, 0.4) is 0 Å². The minimum Gasteiger partial charge on any atom is -0.481 e. The summed E-state index contributed by atoms with van der Waals surface area (Å²) >= 11 is 5.18. The molecule has 1 aromatic heterocycles. The maximum Gasteiger partial charge on any atom is 0.305 e. The van der Waals surface area contributed by atoms with Crippen LogP contribution in [0.4, 0.5) is 0 Å². The Bertz CT molecular complexity index is 731. The van der Waals surface area contributed by atoms with Gasteiger partial charge in [0, 0.05) is 39.6 Å². The van der Waals surface area contributed by atoms with Gasteiger partial charge in [-0.25, -0.2) is 0 Å². The number of thioether (sulfide) groups is 1. The molecule has 1 atom stereocenters. The number of rotatable bonds is 3. The maximum absolute atomic E-state index is 12.9. The van der Waals surface area contributed by atoms with E-state index in [1.54, 1.807) is 22.9 Å². The number of nitrogens with zero attached hydrogens (tertiary/aromatic N) is 1. The second-order valence-corrected chi connectivity index (χ2v) is 7.19. The van der Waals surface area contributed by atoms with E-state index < -0.39 is 5.97 Å². The first-order valence-corrected chi connectivity index (χ1v) is 8.89. The van der Waals surface area contributed by atoms with Gasteiger partial charge in [0.05, 0.1) is 18.0 Å².